The van der Waals surface area contributed by atoms with Gasteiger partial charge in [0.05, 0.1) is 79.6 Å². The molecule has 0 spiro atoms. The van der Waals surface area contributed by atoms with Gasteiger partial charge in [0.1, 0.15) is 35.7 Å². The minimum absolute atomic E-state index is 0.000323. The van der Waals surface area contributed by atoms with E-state index in [-0.39, 0.29) is 102 Å². The summed E-state index contributed by atoms with van der Waals surface area (Å²) in [7, 11) is 1.95. The summed E-state index contributed by atoms with van der Waals surface area (Å²) in [5.74, 6) is 0.332. The van der Waals surface area contributed by atoms with Crippen LogP contribution in [0.15, 0.2) is 60.4 Å². The third-order valence-corrected chi connectivity index (χ3v) is 14.6. The number of aliphatic hydroxyl groups excluding tert-OH is 1. The fourth-order valence-electron chi connectivity index (χ4n) is 8.98. The monoisotopic (exact) mass is 1090 g/mol. The summed E-state index contributed by atoms with van der Waals surface area (Å²) in [5, 5.41) is 30.9. The molecular weight excluding hydrogens is 1020 g/mol. The van der Waals surface area contributed by atoms with Crippen molar-refractivity contribution in [2.75, 3.05) is 76.1 Å². The molecule has 23 heteroatoms. The van der Waals surface area contributed by atoms with Gasteiger partial charge in [-0.15, -0.1) is 21.5 Å². The molecule has 2 aliphatic rings. The molecule has 1 saturated heterocycles. The SMILES string of the molecule is CCn1cnnc1-c1cccc(N2Cc3c(cc(N(C)C(C)C)nc3CNCCNC(=O)CCOCCOCCOCCC(=O)N[C@H](C(=O)N3C[C@H](O)C[C@H]3C(=O)NCc3ccc(-c4scnc4C)cc3)C(C)(C)C)C2=O)n1. The van der Waals surface area contributed by atoms with Crippen LogP contribution >= 0.6 is 11.3 Å². The third kappa shape index (κ3) is 15.5. The minimum Gasteiger partial charge on any atom is -0.391 e. The predicted molar refractivity (Wildman–Crippen MR) is 295 cm³/mol. The fourth-order valence-corrected chi connectivity index (χ4v) is 9.79. The van der Waals surface area contributed by atoms with Gasteiger partial charge in [-0.3, -0.25) is 28.9 Å². The van der Waals surface area contributed by atoms with Crippen molar-refractivity contribution in [3.63, 3.8) is 0 Å². The van der Waals surface area contributed by atoms with E-state index in [0.29, 0.717) is 61.4 Å². The highest BCUT2D eigenvalue weighted by molar-refractivity contribution is 7.13. The Morgan fingerprint density at radius 3 is 2.28 bits per heavy atom. The van der Waals surface area contributed by atoms with Crippen molar-refractivity contribution >= 4 is 52.5 Å². The highest BCUT2D eigenvalue weighted by Gasteiger charge is 2.44. The lowest BCUT2D eigenvalue weighted by atomic mass is 9.85. The molecule has 0 saturated carbocycles. The number of anilines is 2. The minimum atomic E-state index is -0.950. The summed E-state index contributed by atoms with van der Waals surface area (Å²) in [4.78, 5) is 87.3. The summed E-state index contributed by atoms with van der Waals surface area (Å²) in [6.07, 6.45) is 1.05. The van der Waals surface area contributed by atoms with Crippen molar-refractivity contribution in [2.24, 2.45) is 5.41 Å². The topological polar surface area (TPSA) is 260 Å². The van der Waals surface area contributed by atoms with E-state index in [1.54, 1.807) is 22.6 Å². The van der Waals surface area contributed by atoms with Crippen LogP contribution in [0.5, 0.6) is 0 Å². The number of hydrogen-bond donors (Lipinski definition) is 5. The van der Waals surface area contributed by atoms with Crippen molar-refractivity contribution in [3.8, 4) is 22.0 Å². The zero-order valence-corrected chi connectivity index (χ0v) is 46.9. The number of benzene rings is 1. The Hall–Kier alpha value is -6.76. The summed E-state index contributed by atoms with van der Waals surface area (Å²) in [5.41, 5.74) is 6.79. The highest BCUT2D eigenvalue weighted by Crippen LogP contribution is 2.33. The molecule has 1 aromatic carbocycles. The molecule has 1 fully saturated rings. The van der Waals surface area contributed by atoms with Crippen molar-refractivity contribution in [1.29, 1.82) is 0 Å². The van der Waals surface area contributed by atoms with Crippen LogP contribution in [-0.2, 0) is 59.6 Å². The van der Waals surface area contributed by atoms with Gasteiger partial charge in [0, 0.05) is 77.2 Å². The molecule has 420 valence electrons. The highest BCUT2D eigenvalue weighted by atomic mass is 32.1. The number of fused-ring (bicyclic) bond motifs is 1. The molecule has 4 aromatic heterocycles. The Kier molecular flexibility index (Phi) is 20.9. The first-order valence-electron chi connectivity index (χ1n) is 26.6. The van der Waals surface area contributed by atoms with Crippen LogP contribution in [0.4, 0.5) is 11.6 Å². The lowest BCUT2D eigenvalue weighted by Gasteiger charge is -2.35. The average Bonchev–Trinajstić information content (AvgIpc) is 4.30. The first-order valence-corrected chi connectivity index (χ1v) is 27.5. The number of pyridine rings is 2. The van der Waals surface area contributed by atoms with Crippen LogP contribution in [-0.4, -0.2) is 160 Å². The van der Waals surface area contributed by atoms with Gasteiger partial charge in [0.25, 0.3) is 5.91 Å². The Bertz CT molecular complexity index is 2830. The van der Waals surface area contributed by atoms with Crippen molar-refractivity contribution in [3.05, 3.63) is 88.4 Å². The van der Waals surface area contributed by atoms with Crippen LogP contribution < -0.4 is 31.1 Å². The van der Waals surface area contributed by atoms with Crippen LogP contribution in [0.1, 0.15) is 93.7 Å². The number of β-amino-alcohol motifs (C(OH)–C–C–N with tert-alkyl or cyclic N) is 1. The average molecular weight is 1090 g/mol. The number of nitrogens with one attached hydrogen (secondary N) is 4. The maximum Gasteiger partial charge on any atom is 0.260 e. The smallest absolute Gasteiger partial charge is 0.260 e. The van der Waals surface area contributed by atoms with Crippen LogP contribution in [0, 0.1) is 12.3 Å². The number of thiazole rings is 1. The Morgan fingerprint density at radius 2 is 1.62 bits per heavy atom. The molecule has 0 bridgehead atoms. The zero-order valence-electron chi connectivity index (χ0n) is 46.0. The number of carbonyl (C=O) groups is 5. The summed E-state index contributed by atoms with van der Waals surface area (Å²) < 4.78 is 18.7. The number of rotatable bonds is 28. The van der Waals surface area contributed by atoms with Gasteiger partial charge >= 0.3 is 0 Å². The number of likely N-dealkylation sites (tertiary alicyclic amines) is 1. The second-order valence-corrected chi connectivity index (χ2v) is 21.5. The second-order valence-electron chi connectivity index (χ2n) is 20.7. The largest absolute Gasteiger partial charge is 0.391 e. The van der Waals surface area contributed by atoms with E-state index in [2.05, 4.69) is 50.3 Å². The van der Waals surface area contributed by atoms with E-state index in [1.165, 1.54) is 4.90 Å². The van der Waals surface area contributed by atoms with E-state index in [0.717, 1.165) is 33.0 Å². The fraction of sp³-hybridized carbons (Fsp3) is 0.527. The van der Waals surface area contributed by atoms with E-state index < -0.39 is 29.5 Å². The predicted octanol–water partition coefficient (Wildman–Crippen LogP) is 4.04. The number of aromatic nitrogens is 6. The van der Waals surface area contributed by atoms with Gasteiger partial charge in [-0.25, -0.2) is 15.0 Å². The molecule has 6 heterocycles. The number of ether oxygens (including phenoxy) is 3. The summed E-state index contributed by atoms with van der Waals surface area (Å²) in [6, 6.07) is 13.5. The second kappa shape index (κ2) is 27.7. The van der Waals surface area contributed by atoms with Crippen molar-refractivity contribution < 1.29 is 43.3 Å². The number of hydrogen-bond acceptors (Lipinski definition) is 17. The number of aryl methyl sites for hydroxylation is 2. The number of nitrogens with zero attached hydrogens (tertiary/aromatic N) is 9. The Balaban J connectivity index is 0.747. The van der Waals surface area contributed by atoms with Crippen LogP contribution in [0.2, 0.25) is 0 Å². The molecular formula is C55H75N13O9S. The first kappa shape index (κ1) is 58.9. The van der Waals surface area contributed by atoms with E-state index in [9.17, 15) is 29.1 Å². The lowest BCUT2D eigenvalue weighted by Crippen LogP contribution is -2.57. The van der Waals surface area contributed by atoms with Crippen LogP contribution in [0.25, 0.3) is 22.0 Å². The van der Waals surface area contributed by atoms with E-state index in [1.807, 2.05) is 105 Å². The normalized spacial score (nSPS) is 15.7. The molecule has 3 atom stereocenters. The first-order chi connectivity index (χ1) is 37.4. The van der Waals surface area contributed by atoms with Gasteiger partial charge in [-0.2, -0.15) is 0 Å². The van der Waals surface area contributed by atoms with E-state index in [4.69, 9.17) is 24.2 Å². The van der Waals surface area contributed by atoms with Crippen molar-refractivity contribution in [1.82, 2.24) is 55.9 Å². The van der Waals surface area contributed by atoms with Gasteiger partial charge in [0.2, 0.25) is 23.6 Å². The molecule has 0 aliphatic carbocycles. The maximum absolute atomic E-state index is 14.0. The molecule has 7 rings (SSSR count). The van der Waals surface area contributed by atoms with Gasteiger partial charge in [-0.05, 0) is 62.4 Å². The zero-order chi connectivity index (χ0) is 55.9. The number of amides is 5. The molecule has 0 unspecified atom stereocenters. The van der Waals surface area contributed by atoms with Gasteiger partial charge < -0.3 is 55.0 Å². The molecule has 0 radical (unpaired) electrons. The Morgan fingerprint density at radius 1 is 0.910 bits per heavy atom. The third-order valence-electron chi connectivity index (χ3n) is 13.6. The molecule has 78 heavy (non-hydrogen) atoms. The molecule has 5 aromatic rings. The standard InChI is InChI=1S/C55H75N13O9S/c1-9-66-33-60-64-51(66)42-11-10-12-45(61-42)68-32-41-40(53(68)73)28-46(65(8)35(2)3)62-43(41)30-56-19-20-57-47(70)17-21-75-23-25-77-26-24-76-22-18-48(71)63-50(55(5,6)7)54(74)67-31-39(69)27-44(67)52(72)58-29-37-13-15-38(16-14-37)49-36(4)59-34-78-49/h10-16,28,33-35,39,44,50,56,69H,9,17-27,29-32H2,1-8H3,(H,57,70)(H,58,72)(H,63,71)/t39-,44+,50-/m1/s1. The lowest BCUT2D eigenvalue weighted by molar-refractivity contribution is -0.144. The Labute approximate surface area is 460 Å². The summed E-state index contributed by atoms with van der Waals surface area (Å²) in [6.45, 7) is 17.5. The van der Waals surface area contributed by atoms with Gasteiger partial charge in [-0.1, -0.05) is 51.1 Å². The maximum atomic E-state index is 14.0. The summed E-state index contributed by atoms with van der Waals surface area (Å²) >= 11 is 1.57. The van der Waals surface area contributed by atoms with Crippen LogP contribution in [0.3, 0.4) is 0 Å². The molecule has 5 amide bonds. The molecule has 2 aliphatic heterocycles. The van der Waals surface area contributed by atoms with E-state index >= 15 is 0 Å². The quantitative estimate of drug-likeness (QED) is 0.0443. The van der Waals surface area contributed by atoms with Crippen molar-refractivity contribution in [2.45, 2.75) is 118 Å². The molecule has 22 nitrogen and oxygen atoms in total. The number of carbonyl (C=O) groups excluding carboxylic acids is 5. The molecule has 5 N–H and O–H groups in total. The number of aliphatic hydroxyl groups is 1. The van der Waals surface area contributed by atoms with Gasteiger partial charge in [0.15, 0.2) is 5.82 Å².